The van der Waals surface area contributed by atoms with Crippen LogP contribution in [0.2, 0.25) is 0 Å². The first-order valence-corrected chi connectivity index (χ1v) is 11.7. The fourth-order valence-electron chi connectivity index (χ4n) is 3.64. The van der Waals surface area contributed by atoms with Gasteiger partial charge in [-0.05, 0) is 48.5 Å². The molecule has 0 N–H and O–H groups in total. The molecule has 3 aromatic rings. The summed E-state index contributed by atoms with van der Waals surface area (Å²) in [5.74, 6) is 2.40. The normalized spacial score (nSPS) is 14.8. The lowest BCUT2D eigenvalue weighted by atomic mass is 10.2. The number of hydrogen-bond donors (Lipinski definition) is 0. The highest BCUT2D eigenvalue weighted by Gasteiger charge is 2.25. The third-order valence-corrected chi connectivity index (χ3v) is 6.80. The summed E-state index contributed by atoms with van der Waals surface area (Å²) in [5, 5.41) is 0. The average Bonchev–Trinajstić information content (AvgIpc) is 3.32. The van der Waals surface area contributed by atoms with Gasteiger partial charge in [0.25, 0.3) is 5.91 Å². The maximum absolute atomic E-state index is 12.9. The van der Waals surface area contributed by atoms with Gasteiger partial charge < -0.3 is 23.7 Å². The minimum absolute atomic E-state index is 0.142. The highest BCUT2D eigenvalue weighted by molar-refractivity contribution is 7.84. The van der Waals surface area contributed by atoms with Crippen molar-refractivity contribution in [3.05, 3.63) is 72.2 Å². The number of methoxy groups -OCH3 is 2. The molecular weight excluding hydrogens is 428 g/mol. The van der Waals surface area contributed by atoms with E-state index in [4.69, 9.17) is 13.9 Å². The number of benzene rings is 2. The zero-order valence-electron chi connectivity index (χ0n) is 18.2. The highest BCUT2D eigenvalue weighted by atomic mass is 32.2. The van der Waals surface area contributed by atoms with Gasteiger partial charge in [0.2, 0.25) is 0 Å². The van der Waals surface area contributed by atoms with Crippen molar-refractivity contribution in [2.75, 3.05) is 45.3 Å². The van der Waals surface area contributed by atoms with Gasteiger partial charge in [0.05, 0.1) is 30.8 Å². The molecule has 0 aliphatic carbocycles. The zero-order chi connectivity index (χ0) is 22.5. The first-order valence-electron chi connectivity index (χ1n) is 10.4. The van der Waals surface area contributed by atoms with Gasteiger partial charge in [0.15, 0.2) is 5.76 Å². The van der Waals surface area contributed by atoms with Crippen LogP contribution < -0.4 is 14.4 Å². The van der Waals surface area contributed by atoms with Crippen molar-refractivity contribution < 1.29 is 22.9 Å². The average molecular weight is 455 g/mol. The lowest BCUT2D eigenvalue weighted by Crippen LogP contribution is -2.48. The molecule has 0 bridgehead atoms. The lowest BCUT2D eigenvalue weighted by Gasteiger charge is -2.35. The predicted octanol–water partition coefficient (Wildman–Crippen LogP) is 3.57. The first kappa shape index (κ1) is 22.0. The summed E-state index contributed by atoms with van der Waals surface area (Å²) in [5.41, 5.74) is 1.08. The number of nitrogens with zero attached hydrogens (tertiary/aromatic N) is 2. The van der Waals surface area contributed by atoms with Crippen LogP contribution in [-0.2, 0) is 16.6 Å². The van der Waals surface area contributed by atoms with Gasteiger partial charge in [-0.3, -0.25) is 9.00 Å². The minimum atomic E-state index is -1.27. The van der Waals surface area contributed by atoms with Crippen molar-refractivity contribution in [3.8, 4) is 11.5 Å². The molecule has 0 unspecified atom stereocenters. The Balaban J connectivity index is 1.34. The lowest BCUT2D eigenvalue weighted by molar-refractivity contribution is 0.0713. The van der Waals surface area contributed by atoms with E-state index in [1.54, 1.807) is 55.5 Å². The number of piperazine rings is 1. The zero-order valence-corrected chi connectivity index (χ0v) is 19.0. The molecule has 1 aromatic heterocycles. The van der Waals surface area contributed by atoms with E-state index in [0.29, 0.717) is 29.5 Å². The van der Waals surface area contributed by atoms with Crippen LogP contribution in [0.1, 0.15) is 16.3 Å². The van der Waals surface area contributed by atoms with Crippen molar-refractivity contribution in [2.24, 2.45) is 0 Å². The Hall–Kier alpha value is -3.26. The van der Waals surface area contributed by atoms with E-state index >= 15 is 0 Å². The molecule has 0 spiro atoms. The summed E-state index contributed by atoms with van der Waals surface area (Å²) in [7, 11) is 1.97. The highest BCUT2D eigenvalue weighted by Crippen LogP contribution is 2.23. The Kier molecular flexibility index (Phi) is 6.80. The second-order valence-corrected chi connectivity index (χ2v) is 8.86. The number of amides is 1. The summed E-state index contributed by atoms with van der Waals surface area (Å²) >= 11 is 0. The largest absolute Gasteiger partial charge is 0.497 e. The molecule has 32 heavy (non-hydrogen) atoms. The number of carbonyl (C=O) groups excluding carboxylic acids is 1. The van der Waals surface area contributed by atoms with E-state index in [1.165, 1.54) is 0 Å². The number of carbonyl (C=O) groups is 1. The Morgan fingerprint density at radius 2 is 1.66 bits per heavy atom. The molecule has 1 aliphatic rings. The van der Waals surface area contributed by atoms with Crippen LogP contribution in [0.25, 0.3) is 0 Å². The van der Waals surface area contributed by atoms with Gasteiger partial charge in [0, 0.05) is 42.8 Å². The monoisotopic (exact) mass is 454 g/mol. The summed E-state index contributed by atoms with van der Waals surface area (Å²) in [6, 6.07) is 18.4. The summed E-state index contributed by atoms with van der Waals surface area (Å²) in [6.45, 7) is 2.66. The second kappa shape index (κ2) is 9.91. The maximum atomic E-state index is 12.9. The van der Waals surface area contributed by atoms with Crippen molar-refractivity contribution in [2.45, 2.75) is 10.6 Å². The number of rotatable bonds is 7. The van der Waals surface area contributed by atoms with Gasteiger partial charge in [-0.1, -0.05) is 6.07 Å². The Morgan fingerprint density at radius 3 is 2.34 bits per heavy atom. The van der Waals surface area contributed by atoms with Gasteiger partial charge in [-0.25, -0.2) is 0 Å². The standard InChI is InChI=1S/C24H26N2O5S/c1-29-19-6-9-22(10-7-19)32(28)17-21-8-11-23(31-21)24(27)26-14-12-25(13-15-26)18-4-3-5-20(16-18)30-2/h3-11,16H,12-15,17H2,1-2H3/t32-/m0/s1. The van der Waals surface area contributed by atoms with Crippen molar-refractivity contribution in [3.63, 3.8) is 0 Å². The molecule has 1 aliphatic heterocycles. The van der Waals surface area contributed by atoms with E-state index in [9.17, 15) is 9.00 Å². The maximum Gasteiger partial charge on any atom is 0.289 e. The minimum Gasteiger partial charge on any atom is -0.497 e. The smallest absolute Gasteiger partial charge is 0.289 e. The van der Waals surface area contributed by atoms with Crippen LogP contribution in [0.3, 0.4) is 0 Å². The van der Waals surface area contributed by atoms with Crippen molar-refractivity contribution >= 4 is 22.4 Å². The van der Waals surface area contributed by atoms with Crippen molar-refractivity contribution in [1.29, 1.82) is 0 Å². The van der Waals surface area contributed by atoms with E-state index in [-0.39, 0.29) is 17.4 Å². The van der Waals surface area contributed by atoms with Gasteiger partial charge in [-0.2, -0.15) is 0 Å². The molecular formula is C24H26N2O5S. The number of ether oxygens (including phenoxy) is 2. The molecule has 1 amide bonds. The third kappa shape index (κ3) is 4.96. The Bertz CT molecular complexity index is 1090. The molecule has 0 saturated carbocycles. The van der Waals surface area contributed by atoms with Crippen LogP contribution in [0.5, 0.6) is 11.5 Å². The predicted molar refractivity (Wildman–Crippen MR) is 123 cm³/mol. The van der Waals surface area contributed by atoms with Crippen LogP contribution in [-0.4, -0.2) is 55.4 Å². The molecule has 0 radical (unpaired) electrons. The fraction of sp³-hybridized carbons (Fsp3) is 0.292. The van der Waals surface area contributed by atoms with Gasteiger partial charge in [0.1, 0.15) is 17.3 Å². The van der Waals surface area contributed by atoms with E-state index in [2.05, 4.69) is 4.90 Å². The molecule has 1 fully saturated rings. The fourth-order valence-corrected chi connectivity index (χ4v) is 4.66. The molecule has 7 nitrogen and oxygen atoms in total. The summed E-state index contributed by atoms with van der Waals surface area (Å²) in [6.07, 6.45) is 0. The Morgan fingerprint density at radius 1 is 0.938 bits per heavy atom. The quantitative estimate of drug-likeness (QED) is 0.544. The first-order chi connectivity index (χ1) is 15.6. The van der Waals surface area contributed by atoms with Crippen LogP contribution in [0.4, 0.5) is 5.69 Å². The van der Waals surface area contributed by atoms with E-state index in [0.717, 1.165) is 24.5 Å². The van der Waals surface area contributed by atoms with E-state index in [1.807, 2.05) is 24.3 Å². The molecule has 4 rings (SSSR count). The summed E-state index contributed by atoms with van der Waals surface area (Å²) < 4.78 is 28.8. The van der Waals surface area contributed by atoms with E-state index < -0.39 is 10.8 Å². The van der Waals surface area contributed by atoms with Gasteiger partial charge >= 0.3 is 0 Å². The molecule has 8 heteroatoms. The van der Waals surface area contributed by atoms with Crippen LogP contribution >= 0.6 is 0 Å². The van der Waals surface area contributed by atoms with Gasteiger partial charge in [-0.15, -0.1) is 0 Å². The van der Waals surface area contributed by atoms with Crippen LogP contribution in [0.15, 0.2) is 70.0 Å². The Labute approximate surface area is 190 Å². The van der Waals surface area contributed by atoms with Crippen LogP contribution in [0, 0.1) is 0 Å². The second-order valence-electron chi connectivity index (χ2n) is 7.41. The molecule has 1 saturated heterocycles. The molecule has 2 aromatic carbocycles. The SMILES string of the molecule is COc1ccc([S@@](=O)Cc2ccc(C(=O)N3CCN(c4cccc(OC)c4)CC3)o2)cc1. The molecule has 2 heterocycles. The van der Waals surface area contributed by atoms with Crippen molar-refractivity contribution in [1.82, 2.24) is 4.90 Å². The number of furan rings is 1. The summed E-state index contributed by atoms with van der Waals surface area (Å²) in [4.78, 5) is 17.6. The topological polar surface area (TPSA) is 72.2 Å². The number of anilines is 1. The number of hydrogen-bond acceptors (Lipinski definition) is 6. The molecule has 1 atom stereocenters. The molecule has 168 valence electrons. The third-order valence-electron chi connectivity index (χ3n) is 5.45.